The molecule has 0 fully saturated rings. The van der Waals surface area contributed by atoms with Gasteiger partial charge in [-0.05, 0) is 35.9 Å². The number of nitrogens with zero attached hydrogens (tertiary/aromatic N) is 1. The van der Waals surface area contributed by atoms with Crippen LogP contribution in [-0.4, -0.2) is 5.06 Å². The minimum atomic E-state index is 0.141. The molecule has 0 saturated heterocycles. The fraction of sp³-hybridized carbons (Fsp3) is 0.259. The van der Waals surface area contributed by atoms with Gasteiger partial charge < -0.3 is 4.84 Å². The van der Waals surface area contributed by atoms with E-state index in [2.05, 4.69) is 79.7 Å². The Morgan fingerprint density at radius 2 is 1.55 bits per heavy atom. The third-order valence-corrected chi connectivity index (χ3v) is 5.02. The van der Waals surface area contributed by atoms with Crippen LogP contribution in [0.1, 0.15) is 51.3 Å². The molecule has 2 aliphatic heterocycles. The van der Waals surface area contributed by atoms with Gasteiger partial charge in [0, 0.05) is 17.1 Å². The summed E-state index contributed by atoms with van der Waals surface area (Å²) >= 11 is 0. The summed E-state index contributed by atoms with van der Waals surface area (Å²) in [6.07, 6.45) is 9.57. The maximum Gasteiger partial charge on any atom is 0.168 e. The summed E-state index contributed by atoms with van der Waals surface area (Å²) in [6.45, 7) is 10.1. The first-order valence-electron chi connectivity index (χ1n) is 10.7. The molecular weight excluding hydrogens is 354 g/mol. The second-order valence-corrected chi connectivity index (χ2v) is 6.70. The zero-order valence-electron chi connectivity index (χ0n) is 18.1. The van der Waals surface area contributed by atoms with E-state index in [-0.39, 0.29) is 6.04 Å². The second kappa shape index (κ2) is 9.47. The number of hydrogen-bond donors (Lipinski definition) is 0. The number of allylic oxidation sites excluding steroid dienone is 2. The lowest BCUT2D eigenvalue weighted by molar-refractivity contribution is -0.00238. The van der Waals surface area contributed by atoms with Gasteiger partial charge in [0.1, 0.15) is 6.04 Å². The molecule has 0 spiro atoms. The predicted molar refractivity (Wildman–Crippen MR) is 125 cm³/mol. The van der Waals surface area contributed by atoms with E-state index in [4.69, 9.17) is 4.84 Å². The summed E-state index contributed by atoms with van der Waals surface area (Å²) in [7, 11) is 0. The van der Waals surface area contributed by atoms with E-state index in [1.165, 1.54) is 33.0 Å². The summed E-state index contributed by atoms with van der Waals surface area (Å²) in [5, 5.41) is 4.36. The number of hydrogen-bond acceptors (Lipinski definition) is 2. The van der Waals surface area contributed by atoms with Crippen molar-refractivity contribution < 1.29 is 4.84 Å². The molecule has 0 bridgehead atoms. The highest BCUT2D eigenvalue weighted by Gasteiger charge is 2.32. The zero-order chi connectivity index (χ0) is 20.8. The monoisotopic (exact) mass is 385 g/mol. The normalized spacial score (nSPS) is 15.9. The van der Waals surface area contributed by atoms with Crippen molar-refractivity contribution in [3.8, 4) is 16.9 Å². The van der Waals surface area contributed by atoms with E-state index in [9.17, 15) is 0 Å². The van der Waals surface area contributed by atoms with Crippen LogP contribution in [0, 0.1) is 6.92 Å². The van der Waals surface area contributed by atoms with Crippen molar-refractivity contribution in [1.29, 1.82) is 0 Å². The Morgan fingerprint density at radius 3 is 2.28 bits per heavy atom. The summed E-state index contributed by atoms with van der Waals surface area (Å²) in [4.78, 5) is 6.21. The topological polar surface area (TPSA) is 12.5 Å². The van der Waals surface area contributed by atoms with Crippen LogP contribution in [0.15, 0.2) is 79.0 Å². The van der Waals surface area contributed by atoms with Crippen molar-refractivity contribution in [3.63, 3.8) is 0 Å². The van der Waals surface area contributed by atoms with Gasteiger partial charge in [-0.15, -0.1) is 0 Å². The van der Waals surface area contributed by atoms with Crippen LogP contribution in [0.2, 0.25) is 0 Å². The molecule has 2 aliphatic rings. The highest BCUT2D eigenvalue weighted by Crippen LogP contribution is 2.47. The van der Waals surface area contributed by atoms with Gasteiger partial charge in [-0.2, -0.15) is 0 Å². The predicted octanol–water partition coefficient (Wildman–Crippen LogP) is 7.99. The standard InChI is InChI=1S/C23H19NO.2C2H6/c1-16-10-12-17(13-11-16)20-15-21-22-9-3-2-6-14-24(22)25-23(21)19-8-5-4-7-18(19)20;2*1-2/h3-15,22H,2H2,1H3;2*1-2H3. The third kappa shape index (κ3) is 3.93. The molecule has 1 atom stereocenters. The molecule has 0 aromatic heterocycles. The van der Waals surface area contributed by atoms with E-state index in [1.54, 1.807) is 0 Å². The molecule has 0 radical (unpaired) electrons. The largest absolute Gasteiger partial charge is 0.378 e. The minimum Gasteiger partial charge on any atom is -0.378 e. The Balaban J connectivity index is 0.000000568. The fourth-order valence-corrected chi connectivity index (χ4v) is 3.73. The Kier molecular flexibility index (Phi) is 6.77. The van der Waals surface area contributed by atoms with E-state index in [1.807, 2.05) is 39.0 Å². The van der Waals surface area contributed by atoms with Gasteiger partial charge in [0.2, 0.25) is 0 Å². The molecular formula is C27H31NO. The molecule has 5 rings (SSSR count). The number of benzene rings is 3. The van der Waals surface area contributed by atoms with Gasteiger partial charge in [0.15, 0.2) is 5.75 Å². The quantitative estimate of drug-likeness (QED) is 0.394. The van der Waals surface area contributed by atoms with Crippen LogP contribution < -0.4 is 4.84 Å². The van der Waals surface area contributed by atoms with Crippen molar-refractivity contribution in [3.05, 3.63) is 90.2 Å². The molecule has 29 heavy (non-hydrogen) atoms. The van der Waals surface area contributed by atoms with Crippen molar-refractivity contribution in [2.24, 2.45) is 0 Å². The van der Waals surface area contributed by atoms with Gasteiger partial charge >= 0.3 is 0 Å². The molecule has 1 unspecified atom stereocenters. The highest BCUT2D eigenvalue weighted by atomic mass is 16.7. The molecule has 3 aromatic carbocycles. The summed E-state index contributed by atoms with van der Waals surface area (Å²) < 4.78 is 0. The Hall–Kier alpha value is -3.00. The lowest BCUT2D eigenvalue weighted by atomic mass is 9.92. The van der Waals surface area contributed by atoms with Gasteiger partial charge in [-0.3, -0.25) is 0 Å². The average molecular weight is 386 g/mol. The fourth-order valence-electron chi connectivity index (χ4n) is 3.73. The Labute approximate surface area is 175 Å². The SMILES string of the molecule is CC.CC.Cc1ccc(-c2cc3c(c4ccccc24)ON2C=CCC=CC32)cc1. The number of hydroxylamine groups is 2. The molecule has 0 saturated carbocycles. The molecule has 150 valence electrons. The van der Waals surface area contributed by atoms with Crippen molar-refractivity contribution in [1.82, 2.24) is 5.06 Å². The first-order valence-corrected chi connectivity index (χ1v) is 10.7. The van der Waals surface area contributed by atoms with E-state index >= 15 is 0 Å². The Morgan fingerprint density at radius 1 is 0.862 bits per heavy atom. The number of aryl methyl sites for hydroxylation is 1. The number of rotatable bonds is 1. The molecule has 2 nitrogen and oxygen atoms in total. The first-order chi connectivity index (χ1) is 14.3. The lowest BCUT2D eigenvalue weighted by Gasteiger charge is -2.16. The van der Waals surface area contributed by atoms with Gasteiger partial charge in [0.25, 0.3) is 0 Å². The third-order valence-electron chi connectivity index (χ3n) is 5.02. The molecule has 0 aliphatic carbocycles. The molecule has 2 heteroatoms. The maximum absolute atomic E-state index is 6.21. The highest BCUT2D eigenvalue weighted by molar-refractivity contribution is 6.01. The molecule has 3 aromatic rings. The average Bonchev–Trinajstić information content (AvgIpc) is 2.97. The van der Waals surface area contributed by atoms with Crippen LogP contribution in [0.3, 0.4) is 0 Å². The number of fused-ring (bicyclic) bond motifs is 5. The van der Waals surface area contributed by atoms with Crippen LogP contribution >= 0.6 is 0 Å². The summed E-state index contributed by atoms with van der Waals surface area (Å²) in [5.41, 5.74) is 5.02. The maximum atomic E-state index is 6.21. The second-order valence-electron chi connectivity index (χ2n) is 6.70. The smallest absolute Gasteiger partial charge is 0.168 e. The van der Waals surface area contributed by atoms with Crippen LogP contribution in [0.4, 0.5) is 0 Å². The van der Waals surface area contributed by atoms with Crippen molar-refractivity contribution >= 4 is 10.8 Å². The molecule has 2 heterocycles. The molecule has 0 N–H and O–H groups in total. The summed E-state index contributed by atoms with van der Waals surface area (Å²) in [6, 6.07) is 19.7. The van der Waals surface area contributed by atoms with Crippen molar-refractivity contribution in [2.75, 3.05) is 0 Å². The van der Waals surface area contributed by atoms with Crippen molar-refractivity contribution in [2.45, 2.75) is 47.1 Å². The van der Waals surface area contributed by atoms with E-state index < -0.39 is 0 Å². The summed E-state index contributed by atoms with van der Waals surface area (Å²) in [5.74, 6) is 0.979. The first kappa shape index (κ1) is 20.7. The van der Waals surface area contributed by atoms with E-state index in [0.29, 0.717) is 0 Å². The lowest BCUT2D eigenvalue weighted by Crippen LogP contribution is -2.17. The van der Waals surface area contributed by atoms with Crippen LogP contribution in [0.5, 0.6) is 5.75 Å². The Bertz CT molecular complexity index is 1010. The zero-order valence-corrected chi connectivity index (χ0v) is 18.1. The minimum absolute atomic E-state index is 0.141. The molecule has 0 amide bonds. The van der Waals surface area contributed by atoms with Gasteiger partial charge in [0.05, 0.1) is 0 Å². The van der Waals surface area contributed by atoms with Crippen LogP contribution in [0.25, 0.3) is 21.9 Å². The van der Waals surface area contributed by atoms with Gasteiger partial charge in [-0.25, -0.2) is 5.06 Å². The van der Waals surface area contributed by atoms with E-state index in [0.717, 1.165) is 12.2 Å². The van der Waals surface area contributed by atoms with Gasteiger partial charge in [-0.1, -0.05) is 100 Å². The van der Waals surface area contributed by atoms with Crippen LogP contribution in [-0.2, 0) is 0 Å².